The molecule has 0 radical (unpaired) electrons. The molecule has 154 valence electrons. The average molecular weight is 394 g/mol. The molecular weight excluding hydrogens is 362 g/mol. The Hall–Kier alpha value is -2.63. The van der Waals surface area contributed by atoms with E-state index in [9.17, 15) is 4.79 Å². The van der Waals surface area contributed by atoms with Gasteiger partial charge in [-0.1, -0.05) is 35.9 Å². The van der Waals surface area contributed by atoms with Crippen LogP contribution in [0.4, 0.5) is 5.69 Å². The Bertz CT molecular complexity index is 860. The summed E-state index contributed by atoms with van der Waals surface area (Å²) in [4.78, 5) is 19.9. The highest BCUT2D eigenvalue weighted by Crippen LogP contribution is 2.35. The van der Waals surface area contributed by atoms with Gasteiger partial charge in [0.1, 0.15) is 0 Å². The Morgan fingerprint density at radius 1 is 1.00 bits per heavy atom. The fourth-order valence-electron chi connectivity index (χ4n) is 3.94. The number of piperidine rings is 1. The highest BCUT2D eigenvalue weighted by atomic mass is 16.7. The quantitative estimate of drug-likeness (QED) is 0.747. The van der Waals surface area contributed by atoms with Gasteiger partial charge >= 0.3 is 0 Å². The fourth-order valence-corrected chi connectivity index (χ4v) is 3.94. The molecule has 5 nitrogen and oxygen atoms in total. The first kappa shape index (κ1) is 21.1. The number of nitrogens with zero attached hydrogens (tertiary/aromatic N) is 2. The van der Waals surface area contributed by atoms with E-state index in [-0.39, 0.29) is 5.91 Å². The van der Waals surface area contributed by atoms with Gasteiger partial charge in [-0.2, -0.15) is 5.06 Å². The largest absolute Gasteiger partial charge is 0.398 e. The zero-order chi connectivity index (χ0) is 20.8. The molecule has 1 amide bonds. The maximum Gasteiger partial charge on any atom is 0.253 e. The van der Waals surface area contributed by atoms with Gasteiger partial charge in [0, 0.05) is 43.0 Å². The molecule has 5 heteroatoms. The van der Waals surface area contributed by atoms with E-state index in [1.807, 2.05) is 66.3 Å². The van der Waals surface area contributed by atoms with Gasteiger partial charge < -0.3 is 15.5 Å². The first-order valence-electron chi connectivity index (χ1n) is 10.3. The number of amides is 1. The van der Waals surface area contributed by atoms with Crippen molar-refractivity contribution in [3.63, 3.8) is 0 Å². The van der Waals surface area contributed by atoms with Gasteiger partial charge in [0.05, 0.1) is 7.11 Å². The lowest BCUT2D eigenvalue weighted by Crippen LogP contribution is -2.30. The summed E-state index contributed by atoms with van der Waals surface area (Å²) in [5.74, 6) is 0.0726. The number of hydrogen-bond donors (Lipinski definition) is 1. The number of hydroxylamine groups is 2. The van der Waals surface area contributed by atoms with E-state index in [0.29, 0.717) is 13.1 Å². The number of para-hydroxylation sites is 1. The van der Waals surface area contributed by atoms with Crippen molar-refractivity contribution in [3.8, 4) is 0 Å². The first-order chi connectivity index (χ1) is 14.1. The van der Waals surface area contributed by atoms with Crippen LogP contribution in [0, 0.1) is 0 Å². The Morgan fingerprint density at radius 2 is 1.59 bits per heavy atom. The molecule has 1 fully saturated rings. The summed E-state index contributed by atoms with van der Waals surface area (Å²) in [6, 6.07) is 16.0. The van der Waals surface area contributed by atoms with Crippen molar-refractivity contribution in [1.82, 2.24) is 9.96 Å². The fraction of sp³-hybridized carbons (Fsp3) is 0.375. The lowest BCUT2D eigenvalue weighted by Gasteiger charge is -2.28. The van der Waals surface area contributed by atoms with Crippen LogP contribution < -0.4 is 5.73 Å². The number of benzene rings is 2. The lowest BCUT2D eigenvalue weighted by atomic mass is 9.87. The minimum Gasteiger partial charge on any atom is -0.398 e. The molecule has 1 aliphatic heterocycles. The van der Waals surface area contributed by atoms with Gasteiger partial charge in [-0.05, 0) is 56.0 Å². The average Bonchev–Trinajstić information content (AvgIpc) is 2.77. The second-order valence-electron chi connectivity index (χ2n) is 7.23. The van der Waals surface area contributed by atoms with Gasteiger partial charge in [-0.25, -0.2) is 0 Å². The van der Waals surface area contributed by atoms with E-state index in [1.54, 1.807) is 7.11 Å². The van der Waals surface area contributed by atoms with Gasteiger partial charge in [0.15, 0.2) is 0 Å². The summed E-state index contributed by atoms with van der Waals surface area (Å²) < 4.78 is 0. The molecule has 0 aromatic heterocycles. The summed E-state index contributed by atoms with van der Waals surface area (Å²) >= 11 is 0. The molecule has 2 aromatic rings. The summed E-state index contributed by atoms with van der Waals surface area (Å²) in [6.45, 7) is 7.15. The predicted octanol–water partition coefficient (Wildman–Crippen LogP) is 4.21. The Kier molecular flexibility index (Phi) is 7.07. The van der Waals surface area contributed by atoms with E-state index < -0.39 is 0 Å². The SMILES string of the molecule is CCN(CC)C(=O)c1ccc(C(=C2CCN(OC)CC2)c2ccccc2N)cc1. The number of hydrogen-bond acceptors (Lipinski definition) is 4. The number of carbonyl (C=O) groups excluding carboxylic acids is 1. The molecule has 0 unspecified atom stereocenters. The number of nitrogen functional groups attached to an aromatic ring is 1. The van der Waals surface area contributed by atoms with Crippen molar-refractivity contribution in [2.24, 2.45) is 0 Å². The Morgan fingerprint density at radius 3 is 2.14 bits per heavy atom. The van der Waals surface area contributed by atoms with E-state index >= 15 is 0 Å². The zero-order valence-electron chi connectivity index (χ0n) is 17.6. The molecule has 2 N–H and O–H groups in total. The third-order valence-corrected chi connectivity index (χ3v) is 5.64. The maximum absolute atomic E-state index is 12.7. The molecule has 0 atom stereocenters. The molecule has 0 aliphatic carbocycles. The molecule has 1 aliphatic rings. The lowest BCUT2D eigenvalue weighted by molar-refractivity contribution is -0.135. The van der Waals surface area contributed by atoms with Crippen LogP contribution in [0.25, 0.3) is 5.57 Å². The summed E-state index contributed by atoms with van der Waals surface area (Å²) in [5, 5.41) is 1.99. The van der Waals surface area contributed by atoms with Crippen molar-refractivity contribution < 1.29 is 9.63 Å². The highest BCUT2D eigenvalue weighted by molar-refractivity contribution is 5.95. The Labute approximate surface area is 173 Å². The number of anilines is 1. The number of carbonyl (C=O) groups is 1. The van der Waals surface area contributed by atoms with Crippen molar-refractivity contribution in [3.05, 3.63) is 70.8 Å². The van der Waals surface area contributed by atoms with Crippen LogP contribution >= 0.6 is 0 Å². The summed E-state index contributed by atoms with van der Waals surface area (Å²) in [6.07, 6.45) is 1.86. The third-order valence-electron chi connectivity index (χ3n) is 5.64. The summed E-state index contributed by atoms with van der Waals surface area (Å²) in [5.41, 5.74) is 12.5. The maximum atomic E-state index is 12.7. The van der Waals surface area contributed by atoms with E-state index in [1.165, 1.54) is 11.1 Å². The van der Waals surface area contributed by atoms with Crippen LogP contribution in [0.15, 0.2) is 54.1 Å². The third kappa shape index (κ3) is 4.69. The van der Waals surface area contributed by atoms with E-state index in [4.69, 9.17) is 10.6 Å². The molecule has 1 saturated heterocycles. The number of nitrogens with two attached hydrogens (primary N) is 1. The van der Waals surface area contributed by atoms with Crippen LogP contribution in [-0.2, 0) is 4.84 Å². The van der Waals surface area contributed by atoms with E-state index in [0.717, 1.165) is 48.3 Å². The van der Waals surface area contributed by atoms with Gasteiger partial charge in [-0.15, -0.1) is 0 Å². The Balaban J connectivity index is 2.00. The minimum absolute atomic E-state index is 0.0726. The van der Waals surface area contributed by atoms with Crippen LogP contribution in [-0.4, -0.2) is 49.2 Å². The number of rotatable bonds is 6. The molecule has 29 heavy (non-hydrogen) atoms. The molecule has 3 rings (SSSR count). The van der Waals surface area contributed by atoms with Crippen LogP contribution in [0.1, 0.15) is 48.2 Å². The van der Waals surface area contributed by atoms with E-state index in [2.05, 4.69) is 6.07 Å². The highest BCUT2D eigenvalue weighted by Gasteiger charge is 2.20. The molecule has 0 bridgehead atoms. The monoisotopic (exact) mass is 393 g/mol. The van der Waals surface area contributed by atoms with Gasteiger partial charge in [-0.3, -0.25) is 4.79 Å². The van der Waals surface area contributed by atoms with Crippen LogP contribution in [0.5, 0.6) is 0 Å². The van der Waals surface area contributed by atoms with Crippen molar-refractivity contribution in [2.45, 2.75) is 26.7 Å². The second kappa shape index (κ2) is 9.72. The van der Waals surface area contributed by atoms with Gasteiger partial charge in [0.25, 0.3) is 5.91 Å². The van der Waals surface area contributed by atoms with Crippen molar-refractivity contribution in [1.29, 1.82) is 0 Å². The van der Waals surface area contributed by atoms with Crippen molar-refractivity contribution >= 4 is 17.2 Å². The smallest absolute Gasteiger partial charge is 0.253 e. The van der Waals surface area contributed by atoms with Crippen LogP contribution in [0.2, 0.25) is 0 Å². The molecule has 1 heterocycles. The predicted molar refractivity (Wildman–Crippen MR) is 118 cm³/mol. The topological polar surface area (TPSA) is 58.8 Å². The van der Waals surface area contributed by atoms with Crippen molar-refractivity contribution in [2.75, 3.05) is 39.0 Å². The molecule has 0 spiro atoms. The summed E-state index contributed by atoms with van der Waals surface area (Å²) in [7, 11) is 1.72. The normalized spacial score (nSPS) is 14.7. The minimum atomic E-state index is 0.0726. The van der Waals surface area contributed by atoms with Gasteiger partial charge in [0.2, 0.25) is 0 Å². The zero-order valence-corrected chi connectivity index (χ0v) is 17.6. The second-order valence-corrected chi connectivity index (χ2v) is 7.23. The molecule has 0 saturated carbocycles. The molecule has 2 aromatic carbocycles. The first-order valence-corrected chi connectivity index (χ1v) is 10.3. The standard InChI is InChI=1S/C24H31N3O2/c1-4-26(5-2)24(28)20-12-10-18(11-13-20)23(21-8-6-7-9-22(21)25)19-14-16-27(29-3)17-15-19/h6-13H,4-5,14-17,25H2,1-3H3. The van der Waals surface area contributed by atoms with Crippen LogP contribution in [0.3, 0.4) is 0 Å². The molecular formula is C24H31N3O2.